The Morgan fingerprint density at radius 1 is 1.00 bits per heavy atom. The van der Waals surface area contributed by atoms with E-state index in [2.05, 4.69) is 45.9 Å². The van der Waals surface area contributed by atoms with Gasteiger partial charge in [-0.25, -0.2) is 0 Å². The topological polar surface area (TPSA) is 9.23 Å². The van der Waals surface area contributed by atoms with Gasteiger partial charge in [-0.15, -0.1) is 11.6 Å². The summed E-state index contributed by atoms with van der Waals surface area (Å²) in [6.07, 6.45) is 1.95. The predicted octanol–water partition coefficient (Wildman–Crippen LogP) is 5.98. The zero-order valence-electron chi connectivity index (χ0n) is 14.6. The number of hydrogen-bond donors (Lipinski definition) is 0. The largest absolute Gasteiger partial charge is 0.493 e. The van der Waals surface area contributed by atoms with Crippen LogP contribution in [0.25, 0.3) is 0 Å². The second-order valence-electron chi connectivity index (χ2n) is 6.93. The average Bonchev–Trinajstić information content (AvgIpc) is 2.48. The summed E-state index contributed by atoms with van der Waals surface area (Å²) in [6.45, 7) is 9.29. The third-order valence-electron chi connectivity index (χ3n) is 3.91. The van der Waals surface area contributed by atoms with Gasteiger partial charge in [-0.05, 0) is 55.0 Å². The van der Waals surface area contributed by atoms with E-state index in [1.165, 1.54) is 16.7 Å². The number of ether oxygens (including phenoxy) is 1. The van der Waals surface area contributed by atoms with Crippen molar-refractivity contribution in [1.29, 1.82) is 0 Å². The summed E-state index contributed by atoms with van der Waals surface area (Å²) in [5.74, 6) is 1.54. The molecule has 0 saturated heterocycles. The summed E-state index contributed by atoms with van der Waals surface area (Å²) in [5.41, 5.74) is 3.95. The van der Waals surface area contributed by atoms with Crippen molar-refractivity contribution in [3.8, 4) is 5.75 Å². The number of alkyl halides is 1. The molecule has 0 saturated carbocycles. The Morgan fingerprint density at radius 3 is 2.30 bits per heavy atom. The van der Waals surface area contributed by atoms with E-state index in [4.69, 9.17) is 16.3 Å². The van der Waals surface area contributed by atoms with Crippen molar-refractivity contribution in [3.05, 3.63) is 65.2 Å². The standard InChI is InChI=1S/C21H27ClO/c1-16(2)15-17-9-8-12-20(21(3,4)22)19(17)13-14-23-18-10-6-5-7-11-18/h5-12,16H,13-15H2,1-4H3. The lowest BCUT2D eigenvalue weighted by atomic mass is 9.88. The first-order valence-corrected chi connectivity index (χ1v) is 8.73. The fourth-order valence-corrected chi connectivity index (χ4v) is 3.08. The van der Waals surface area contributed by atoms with Gasteiger partial charge in [0.15, 0.2) is 0 Å². The van der Waals surface area contributed by atoms with Crippen LogP contribution >= 0.6 is 11.6 Å². The molecule has 0 aliphatic rings. The van der Waals surface area contributed by atoms with Gasteiger partial charge in [0.1, 0.15) is 5.75 Å². The summed E-state index contributed by atoms with van der Waals surface area (Å²) in [5, 5.41) is 0. The van der Waals surface area contributed by atoms with E-state index < -0.39 is 0 Å². The molecule has 2 rings (SSSR count). The molecular formula is C21H27ClO. The molecule has 0 N–H and O–H groups in total. The SMILES string of the molecule is CC(C)Cc1cccc(C(C)(C)Cl)c1CCOc1ccccc1. The molecule has 0 amide bonds. The first-order chi connectivity index (χ1) is 10.9. The molecule has 2 aromatic carbocycles. The maximum absolute atomic E-state index is 6.63. The van der Waals surface area contributed by atoms with E-state index in [1.807, 2.05) is 30.3 Å². The quantitative estimate of drug-likeness (QED) is 0.567. The van der Waals surface area contributed by atoms with E-state index in [1.54, 1.807) is 0 Å². The van der Waals surface area contributed by atoms with Gasteiger partial charge in [0.05, 0.1) is 11.5 Å². The second-order valence-corrected chi connectivity index (χ2v) is 7.87. The summed E-state index contributed by atoms with van der Waals surface area (Å²) in [7, 11) is 0. The molecule has 0 spiro atoms. The number of para-hydroxylation sites is 1. The van der Waals surface area contributed by atoms with Crippen molar-refractivity contribution >= 4 is 11.6 Å². The maximum Gasteiger partial charge on any atom is 0.119 e. The Morgan fingerprint density at radius 2 is 1.70 bits per heavy atom. The van der Waals surface area contributed by atoms with Gasteiger partial charge in [-0.1, -0.05) is 50.2 Å². The van der Waals surface area contributed by atoms with Gasteiger partial charge in [0, 0.05) is 6.42 Å². The summed E-state index contributed by atoms with van der Waals surface area (Å²) >= 11 is 6.63. The summed E-state index contributed by atoms with van der Waals surface area (Å²) < 4.78 is 5.89. The van der Waals surface area contributed by atoms with Crippen molar-refractivity contribution < 1.29 is 4.74 Å². The average molecular weight is 331 g/mol. The van der Waals surface area contributed by atoms with Crippen molar-refractivity contribution in [2.24, 2.45) is 5.92 Å². The molecule has 0 atom stereocenters. The second kappa shape index (κ2) is 7.88. The van der Waals surface area contributed by atoms with Crippen LogP contribution in [0.15, 0.2) is 48.5 Å². The summed E-state index contributed by atoms with van der Waals surface area (Å²) in [4.78, 5) is -0.366. The van der Waals surface area contributed by atoms with Crippen molar-refractivity contribution in [1.82, 2.24) is 0 Å². The Balaban J connectivity index is 2.19. The molecule has 2 heteroatoms. The van der Waals surface area contributed by atoms with Gasteiger partial charge in [-0.2, -0.15) is 0 Å². The molecule has 0 unspecified atom stereocenters. The molecule has 0 fully saturated rings. The normalized spacial score (nSPS) is 11.7. The molecule has 0 heterocycles. The van der Waals surface area contributed by atoms with E-state index in [9.17, 15) is 0 Å². The van der Waals surface area contributed by atoms with E-state index in [0.717, 1.165) is 18.6 Å². The lowest BCUT2D eigenvalue weighted by Gasteiger charge is -2.24. The minimum atomic E-state index is -0.366. The van der Waals surface area contributed by atoms with Crippen molar-refractivity contribution in [2.45, 2.75) is 45.4 Å². The number of rotatable bonds is 7. The molecule has 23 heavy (non-hydrogen) atoms. The zero-order valence-corrected chi connectivity index (χ0v) is 15.4. The minimum absolute atomic E-state index is 0.366. The number of benzene rings is 2. The monoisotopic (exact) mass is 330 g/mol. The van der Waals surface area contributed by atoms with Gasteiger partial charge in [0.25, 0.3) is 0 Å². The van der Waals surface area contributed by atoms with Crippen molar-refractivity contribution in [2.75, 3.05) is 6.61 Å². The summed E-state index contributed by atoms with van der Waals surface area (Å²) in [6, 6.07) is 16.5. The van der Waals surface area contributed by atoms with Crippen LogP contribution in [0.4, 0.5) is 0 Å². The Hall–Kier alpha value is -1.47. The number of hydrogen-bond acceptors (Lipinski definition) is 1. The first-order valence-electron chi connectivity index (χ1n) is 8.36. The van der Waals surface area contributed by atoms with Crippen LogP contribution in [0.2, 0.25) is 0 Å². The van der Waals surface area contributed by atoms with Crippen LogP contribution in [0.5, 0.6) is 5.75 Å². The highest BCUT2D eigenvalue weighted by Gasteiger charge is 2.22. The fraction of sp³-hybridized carbons (Fsp3) is 0.429. The van der Waals surface area contributed by atoms with Gasteiger partial charge < -0.3 is 4.74 Å². The molecular weight excluding hydrogens is 304 g/mol. The van der Waals surface area contributed by atoms with E-state index >= 15 is 0 Å². The maximum atomic E-state index is 6.63. The van der Waals surface area contributed by atoms with Crippen LogP contribution in [-0.2, 0) is 17.7 Å². The van der Waals surface area contributed by atoms with Crippen LogP contribution < -0.4 is 4.74 Å². The molecule has 0 aliphatic heterocycles. The van der Waals surface area contributed by atoms with Crippen molar-refractivity contribution in [3.63, 3.8) is 0 Å². The molecule has 0 bridgehead atoms. The van der Waals surface area contributed by atoms with Crippen LogP contribution in [0.3, 0.4) is 0 Å². The molecule has 124 valence electrons. The molecule has 0 aliphatic carbocycles. The van der Waals surface area contributed by atoms with Crippen LogP contribution in [0.1, 0.15) is 44.4 Å². The van der Waals surface area contributed by atoms with Gasteiger partial charge in [0.2, 0.25) is 0 Å². The lowest BCUT2D eigenvalue weighted by Crippen LogP contribution is -2.16. The molecule has 0 aromatic heterocycles. The smallest absolute Gasteiger partial charge is 0.119 e. The van der Waals surface area contributed by atoms with Crippen LogP contribution in [-0.4, -0.2) is 6.61 Å². The van der Waals surface area contributed by atoms with E-state index in [0.29, 0.717) is 12.5 Å². The fourth-order valence-electron chi connectivity index (χ4n) is 2.91. The minimum Gasteiger partial charge on any atom is -0.493 e. The Kier molecular flexibility index (Phi) is 6.12. The Bertz CT molecular complexity index is 611. The highest BCUT2D eigenvalue weighted by molar-refractivity contribution is 6.23. The van der Waals surface area contributed by atoms with Gasteiger partial charge >= 0.3 is 0 Å². The molecule has 1 nitrogen and oxygen atoms in total. The highest BCUT2D eigenvalue weighted by Crippen LogP contribution is 2.33. The Labute approximate surface area is 145 Å². The number of halogens is 1. The van der Waals surface area contributed by atoms with Gasteiger partial charge in [-0.3, -0.25) is 0 Å². The highest BCUT2D eigenvalue weighted by atomic mass is 35.5. The third-order valence-corrected chi connectivity index (χ3v) is 4.11. The third kappa shape index (κ3) is 5.28. The first kappa shape index (κ1) is 17.9. The van der Waals surface area contributed by atoms with Crippen LogP contribution in [0, 0.1) is 5.92 Å². The molecule has 2 aromatic rings. The lowest BCUT2D eigenvalue weighted by molar-refractivity contribution is 0.320. The van der Waals surface area contributed by atoms with E-state index in [-0.39, 0.29) is 4.87 Å². The zero-order chi connectivity index (χ0) is 16.9. The molecule has 0 radical (unpaired) electrons. The predicted molar refractivity (Wildman–Crippen MR) is 99.5 cm³/mol.